The highest BCUT2D eigenvalue weighted by Crippen LogP contribution is 2.15. The molecule has 0 bridgehead atoms. The van der Waals surface area contributed by atoms with Crippen molar-refractivity contribution in [3.63, 3.8) is 0 Å². The van der Waals surface area contributed by atoms with Crippen molar-refractivity contribution >= 4 is 0 Å². The summed E-state index contributed by atoms with van der Waals surface area (Å²) >= 11 is 0. The van der Waals surface area contributed by atoms with Crippen LogP contribution in [0.5, 0.6) is 5.75 Å². The lowest BCUT2D eigenvalue weighted by molar-refractivity contribution is 0.00485. The zero-order chi connectivity index (χ0) is 14.2. The van der Waals surface area contributed by atoms with Crippen LogP contribution in [0.15, 0.2) is 54.6 Å². The Labute approximate surface area is 117 Å². The van der Waals surface area contributed by atoms with E-state index < -0.39 is 11.9 Å². The topological polar surface area (TPSA) is 38.7 Å². The first kappa shape index (κ1) is 14.5. The van der Waals surface area contributed by atoms with Crippen molar-refractivity contribution in [3.05, 3.63) is 66.0 Å². The molecule has 2 aromatic carbocycles. The van der Waals surface area contributed by atoms with Crippen LogP contribution >= 0.6 is 0 Å². The van der Waals surface area contributed by atoms with Crippen LogP contribution in [0, 0.1) is 5.82 Å². The summed E-state index contributed by atoms with van der Waals surface area (Å²) < 4.78 is 23.8. The zero-order valence-electron chi connectivity index (χ0n) is 11.0. The molecule has 20 heavy (non-hydrogen) atoms. The summed E-state index contributed by atoms with van der Waals surface area (Å²) in [4.78, 5) is 0. The van der Waals surface area contributed by atoms with Crippen LogP contribution in [0.2, 0.25) is 0 Å². The lowest BCUT2D eigenvalue weighted by Crippen LogP contribution is -2.23. The molecule has 1 N–H and O–H groups in total. The quantitative estimate of drug-likeness (QED) is 0.845. The Morgan fingerprint density at radius 1 is 0.950 bits per heavy atom. The third-order valence-electron chi connectivity index (χ3n) is 2.69. The molecule has 0 aliphatic carbocycles. The lowest BCUT2D eigenvalue weighted by Gasteiger charge is -2.13. The van der Waals surface area contributed by atoms with Gasteiger partial charge in [-0.1, -0.05) is 42.5 Å². The van der Waals surface area contributed by atoms with Crippen LogP contribution in [0.1, 0.15) is 5.56 Å². The minimum atomic E-state index is -0.793. The lowest BCUT2D eigenvalue weighted by atomic mass is 10.2. The molecule has 0 aromatic heterocycles. The van der Waals surface area contributed by atoms with E-state index in [-0.39, 0.29) is 19.0 Å². The molecule has 0 amide bonds. The van der Waals surface area contributed by atoms with E-state index in [4.69, 9.17) is 9.47 Å². The van der Waals surface area contributed by atoms with Crippen molar-refractivity contribution in [2.45, 2.75) is 12.7 Å². The van der Waals surface area contributed by atoms with E-state index in [0.717, 1.165) is 5.56 Å². The molecule has 0 heterocycles. The highest BCUT2D eigenvalue weighted by molar-refractivity contribution is 5.23. The number of benzene rings is 2. The predicted molar refractivity (Wildman–Crippen MR) is 74.0 cm³/mol. The molecule has 2 rings (SSSR count). The van der Waals surface area contributed by atoms with E-state index in [9.17, 15) is 9.50 Å². The maximum atomic E-state index is 13.3. The summed E-state index contributed by atoms with van der Waals surface area (Å²) in [6, 6.07) is 15.8. The molecule has 2 aromatic rings. The van der Waals surface area contributed by atoms with Crippen LogP contribution in [0.3, 0.4) is 0 Å². The molecule has 0 saturated carbocycles. The average Bonchev–Trinajstić information content (AvgIpc) is 2.47. The van der Waals surface area contributed by atoms with Gasteiger partial charge in [0.05, 0.1) is 13.2 Å². The monoisotopic (exact) mass is 276 g/mol. The summed E-state index contributed by atoms with van der Waals surface area (Å²) in [5.41, 5.74) is 1.04. The van der Waals surface area contributed by atoms with Gasteiger partial charge in [0, 0.05) is 0 Å². The Hall–Kier alpha value is -1.91. The van der Waals surface area contributed by atoms with Gasteiger partial charge >= 0.3 is 0 Å². The van der Waals surface area contributed by atoms with Gasteiger partial charge < -0.3 is 14.6 Å². The minimum Gasteiger partial charge on any atom is -0.488 e. The fourth-order valence-corrected chi connectivity index (χ4v) is 1.68. The second-order valence-electron chi connectivity index (χ2n) is 4.40. The van der Waals surface area contributed by atoms with E-state index in [1.54, 1.807) is 12.1 Å². The van der Waals surface area contributed by atoms with Crippen molar-refractivity contribution in [2.24, 2.45) is 0 Å². The predicted octanol–water partition coefficient (Wildman–Crippen LogP) is 2.78. The third-order valence-corrected chi connectivity index (χ3v) is 2.69. The summed E-state index contributed by atoms with van der Waals surface area (Å²) in [6.45, 7) is 0.566. The molecule has 3 nitrogen and oxygen atoms in total. The molecule has 1 atom stereocenters. The van der Waals surface area contributed by atoms with Gasteiger partial charge in [-0.25, -0.2) is 4.39 Å². The summed E-state index contributed by atoms with van der Waals surface area (Å²) in [7, 11) is 0. The first-order chi connectivity index (χ1) is 9.75. The van der Waals surface area contributed by atoms with Crippen LogP contribution < -0.4 is 4.74 Å². The van der Waals surface area contributed by atoms with Crippen LogP contribution in [0.4, 0.5) is 4.39 Å². The number of aliphatic hydroxyl groups is 1. The van der Waals surface area contributed by atoms with E-state index in [1.807, 2.05) is 30.3 Å². The van der Waals surface area contributed by atoms with Gasteiger partial charge in [-0.05, 0) is 17.7 Å². The summed E-state index contributed by atoms with van der Waals surface area (Å²) in [5, 5.41) is 9.71. The molecule has 0 saturated heterocycles. The number of rotatable bonds is 7. The van der Waals surface area contributed by atoms with Crippen LogP contribution in [-0.2, 0) is 11.3 Å². The largest absolute Gasteiger partial charge is 0.488 e. The van der Waals surface area contributed by atoms with Gasteiger partial charge in [-0.15, -0.1) is 0 Å². The van der Waals surface area contributed by atoms with E-state index in [2.05, 4.69) is 0 Å². The molecule has 0 aliphatic heterocycles. The fourth-order valence-electron chi connectivity index (χ4n) is 1.68. The first-order valence-corrected chi connectivity index (χ1v) is 6.43. The highest BCUT2D eigenvalue weighted by Gasteiger charge is 2.08. The van der Waals surface area contributed by atoms with Crippen molar-refractivity contribution in [1.29, 1.82) is 0 Å². The molecular formula is C16H17FO3. The van der Waals surface area contributed by atoms with Gasteiger partial charge in [0.15, 0.2) is 11.6 Å². The van der Waals surface area contributed by atoms with E-state index in [1.165, 1.54) is 12.1 Å². The second-order valence-corrected chi connectivity index (χ2v) is 4.40. The number of aliphatic hydroxyl groups excluding tert-OH is 1. The molecular weight excluding hydrogens is 259 g/mol. The second kappa shape index (κ2) is 7.62. The van der Waals surface area contributed by atoms with Crippen LogP contribution in [0.25, 0.3) is 0 Å². The van der Waals surface area contributed by atoms with Crippen molar-refractivity contribution in [2.75, 3.05) is 13.2 Å². The molecule has 4 heteroatoms. The molecule has 106 valence electrons. The summed E-state index contributed by atoms with van der Waals surface area (Å²) in [6.07, 6.45) is -0.793. The third kappa shape index (κ3) is 4.64. The Kier molecular flexibility index (Phi) is 5.53. The normalized spacial score (nSPS) is 12.1. The Bertz CT molecular complexity index is 516. The SMILES string of the molecule is OC(COCc1ccccc1)COc1ccccc1F. The average molecular weight is 276 g/mol. The van der Waals surface area contributed by atoms with E-state index in [0.29, 0.717) is 6.61 Å². The molecule has 0 aliphatic rings. The number of ether oxygens (including phenoxy) is 2. The maximum absolute atomic E-state index is 13.3. The van der Waals surface area contributed by atoms with Gasteiger partial charge in [0.1, 0.15) is 12.7 Å². The van der Waals surface area contributed by atoms with Crippen molar-refractivity contribution < 1.29 is 19.0 Å². The van der Waals surface area contributed by atoms with E-state index >= 15 is 0 Å². The van der Waals surface area contributed by atoms with Gasteiger partial charge in [0.25, 0.3) is 0 Å². The number of hydrogen-bond donors (Lipinski definition) is 1. The Morgan fingerprint density at radius 2 is 1.65 bits per heavy atom. The summed E-state index contributed by atoms with van der Waals surface area (Å²) in [5.74, 6) is -0.306. The highest BCUT2D eigenvalue weighted by atomic mass is 19.1. The minimum absolute atomic E-state index is 0.00424. The molecule has 0 fully saturated rings. The van der Waals surface area contributed by atoms with Crippen LogP contribution in [-0.4, -0.2) is 24.4 Å². The molecule has 0 spiro atoms. The van der Waals surface area contributed by atoms with Crippen molar-refractivity contribution in [3.8, 4) is 5.75 Å². The van der Waals surface area contributed by atoms with Gasteiger partial charge in [0.2, 0.25) is 0 Å². The Balaban J connectivity index is 1.68. The number of hydrogen-bond acceptors (Lipinski definition) is 3. The van der Waals surface area contributed by atoms with Gasteiger partial charge in [-0.3, -0.25) is 0 Å². The Morgan fingerprint density at radius 3 is 2.40 bits per heavy atom. The molecule has 0 radical (unpaired) electrons. The number of para-hydroxylation sites is 1. The first-order valence-electron chi connectivity index (χ1n) is 6.43. The smallest absolute Gasteiger partial charge is 0.165 e. The number of halogens is 1. The maximum Gasteiger partial charge on any atom is 0.165 e. The van der Waals surface area contributed by atoms with Gasteiger partial charge in [-0.2, -0.15) is 0 Å². The zero-order valence-corrected chi connectivity index (χ0v) is 11.0. The standard InChI is InChI=1S/C16H17FO3/c17-15-8-4-5-9-16(15)20-12-14(18)11-19-10-13-6-2-1-3-7-13/h1-9,14,18H,10-12H2. The fraction of sp³-hybridized carbons (Fsp3) is 0.250. The molecule has 1 unspecified atom stereocenters. The van der Waals surface area contributed by atoms with Crippen molar-refractivity contribution in [1.82, 2.24) is 0 Å².